The van der Waals surface area contributed by atoms with Crippen molar-refractivity contribution >= 4 is 17.4 Å². The largest absolute Gasteiger partial charge is 0.494 e. The fraction of sp³-hybridized carbons (Fsp3) is 0.300. The van der Waals surface area contributed by atoms with Crippen LogP contribution in [-0.4, -0.2) is 11.6 Å². The molecule has 0 saturated heterocycles. The Morgan fingerprint density at radius 1 is 1.56 bits per heavy atom. The van der Waals surface area contributed by atoms with Gasteiger partial charge in [-0.05, 0) is 13.0 Å². The smallest absolute Gasteiger partial charge is 0.417 e. The molecule has 0 aliphatic carbocycles. The molecule has 16 heavy (non-hydrogen) atoms. The van der Waals surface area contributed by atoms with Gasteiger partial charge in [-0.2, -0.15) is 13.2 Å². The molecule has 6 heteroatoms. The quantitative estimate of drug-likeness (QED) is 0.603. The van der Waals surface area contributed by atoms with Gasteiger partial charge in [-0.25, -0.2) is 4.98 Å². The predicted molar refractivity (Wildman–Crippen MR) is 54.9 cm³/mol. The monoisotopic (exact) mass is 251 g/mol. The Balaban J connectivity index is 3.23. The molecule has 0 N–H and O–H groups in total. The van der Waals surface area contributed by atoms with Crippen LogP contribution in [0.5, 0.6) is 0 Å². The maximum Gasteiger partial charge on any atom is 0.417 e. The van der Waals surface area contributed by atoms with Gasteiger partial charge in [0.05, 0.1) is 12.2 Å². The highest BCUT2D eigenvalue weighted by Gasteiger charge is 2.34. The third kappa shape index (κ3) is 2.88. The second kappa shape index (κ2) is 4.74. The minimum atomic E-state index is -4.51. The standard InChI is InChI=1S/C10H9ClF3NO/c1-3-16-6(2)7-5-15-9(11)4-8(7)10(12,13)14/h4-5H,2-3H2,1H3. The van der Waals surface area contributed by atoms with E-state index in [-0.39, 0.29) is 23.1 Å². The number of pyridine rings is 1. The highest BCUT2D eigenvalue weighted by molar-refractivity contribution is 6.29. The molecule has 0 amide bonds. The van der Waals surface area contributed by atoms with Gasteiger partial charge in [0.2, 0.25) is 0 Å². The van der Waals surface area contributed by atoms with E-state index >= 15 is 0 Å². The van der Waals surface area contributed by atoms with Crippen molar-refractivity contribution in [2.75, 3.05) is 6.61 Å². The second-order valence-electron chi connectivity index (χ2n) is 2.91. The number of aromatic nitrogens is 1. The number of hydrogen-bond donors (Lipinski definition) is 0. The molecule has 88 valence electrons. The lowest BCUT2D eigenvalue weighted by molar-refractivity contribution is -0.138. The van der Waals surface area contributed by atoms with Gasteiger partial charge in [0.1, 0.15) is 10.9 Å². The van der Waals surface area contributed by atoms with E-state index in [0.29, 0.717) is 0 Å². The molecule has 1 aromatic rings. The lowest BCUT2D eigenvalue weighted by Gasteiger charge is -2.14. The zero-order valence-corrected chi connectivity index (χ0v) is 9.19. The van der Waals surface area contributed by atoms with Crippen molar-refractivity contribution in [3.63, 3.8) is 0 Å². The van der Waals surface area contributed by atoms with Crippen LogP contribution in [0.25, 0.3) is 5.76 Å². The van der Waals surface area contributed by atoms with E-state index in [2.05, 4.69) is 11.6 Å². The van der Waals surface area contributed by atoms with Crippen molar-refractivity contribution in [3.8, 4) is 0 Å². The van der Waals surface area contributed by atoms with E-state index in [1.807, 2.05) is 0 Å². The number of rotatable bonds is 3. The van der Waals surface area contributed by atoms with Gasteiger partial charge in [-0.1, -0.05) is 18.2 Å². The van der Waals surface area contributed by atoms with Crippen LogP contribution < -0.4 is 0 Å². The Hall–Kier alpha value is -1.23. The Kier molecular flexibility index (Phi) is 3.80. The van der Waals surface area contributed by atoms with E-state index in [1.54, 1.807) is 6.92 Å². The maximum absolute atomic E-state index is 12.6. The van der Waals surface area contributed by atoms with E-state index in [1.165, 1.54) is 0 Å². The summed E-state index contributed by atoms with van der Waals surface area (Å²) >= 11 is 5.42. The van der Waals surface area contributed by atoms with Gasteiger partial charge in [-0.3, -0.25) is 0 Å². The summed E-state index contributed by atoms with van der Waals surface area (Å²) in [6, 6.07) is 0.751. The van der Waals surface area contributed by atoms with Crippen LogP contribution in [0.2, 0.25) is 5.15 Å². The molecule has 0 atom stereocenters. The van der Waals surface area contributed by atoms with Crippen LogP contribution in [0.4, 0.5) is 13.2 Å². The zero-order chi connectivity index (χ0) is 12.3. The Morgan fingerprint density at radius 3 is 2.69 bits per heavy atom. The van der Waals surface area contributed by atoms with E-state index in [9.17, 15) is 13.2 Å². The molecule has 1 rings (SSSR count). The predicted octanol–water partition coefficient (Wildman–Crippen LogP) is 3.76. The highest BCUT2D eigenvalue weighted by Crippen LogP contribution is 2.35. The van der Waals surface area contributed by atoms with Crippen molar-refractivity contribution in [2.45, 2.75) is 13.1 Å². The van der Waals surface area contributed by atoms with E-state index < -0.39 is 11.7 Å². The molecule has 0 bridgehead atoms. The van der Waals surface area contributed by atoms with Crippen LogP contribution in [0.15, 0.2) is 18.8 Å². The number of halogens is 4. The molecule has 0 aliphatic heterocycles. The van der Waals surface area contributed by atoms with E-state index in [0.717, 1.165) is 12.3 Å². The Morgan fingerprint density at radius 2 is 2.19 bits per heavy atom. The third-order valence-corrected chi connectivity index (χ3v) is 2.00. The Bertz CT molecular complexity index is 404. The molecule has 0 aromatic carbocycles. The van der Waals surface area contributed by atoms with Crippen molar-refractivity contribution in [2.24, 2.45) is 0 Å². The topological polar surface area (TPSA) is 22.1 Å². The van der Waals surface area contributed by atoms with Gasteiger partial charge in [0, 0.05) is 11.8 Å². The second-order valence-corrected chi connectivity index (χ2v) is 3.29. The summed E-state index contributed by atoms with van der Waals surface area (Å²) in [5.74, 6) is -0.0704. The number of alkyl halides is 3. The van der Waals surface area contributed by atoms with Crippen molar-refractivity contribution in [3.05, 3.63) is 35.1 Å². The lowest BCUT2D eigenvalue weighted by atomic mass is 10.1. The molecule has 0 aliphatic rings. The minimum absolute atomic E-state index is 0.0704. The average molecular weight is 252 g/mol. The molecular formula is C10H9ClF3NO. The lowest BCUT2D eigenvalue weighted by Crippen LogP contribution is -2.10. The molecule has 0 unspecified atom stereocenters. The van der Waals surface area contributed by atoms with Crippen LogP contribution in [0.3, 0.4) is 0 Å². The first-order valence-corrected chi connectivity index (χ1v) is 4.79. The first-order chi connectivity index (χ1) is 7.36. The molecule has 1 aromatic heterocycles. The van der Waals surface area contributed by atoms with Gasteiger partial charge in [-0.15, -0.1) is 0 Å². The van der Waals surface area contributed by atoms with Gasteiger partial charge in [0.15, 0.2) is 0 Å². The van der Waals surface area contributed by atoms with Crippen molar-refractivity contribution < 1.29 is 17.9 Å². The summed E-state index contributed by atoms with van der Waals surface area (Å²) in [6.45, 7) is 5.30. The van der Waals surface area contributed by atoms with Crippen LogP contribution in [0.1, 0.15) is 18.1 Å². The molecule has 1 heterocycles. The summed E-state index contributed by atoms with van der Waals surface area (Å²) < 4.78 is 42.9. The highest BCUT2D eigenvalue weighted by atomic mass is 35.5. The van der Waals surface area contributed by atoms with Crippen molar-refractivity contribution in [1.82, 2.24) is 4.98 Å². The summed E-state index contributed by atoms with van der Waals surface area (Å²) in [5.41, 5.74) is -1.09. The minimum Gasteiger partial charge on any atom is -0.494 e. The summed E-state index contributed by atoms with van der Waals surface area (Å²) in [5, 5.41) is -0.222. The molecule has 2 nitrogen and oxygen atoms in total. The third-order valence-electron chi connectivity index (χ3n) is 1.79. The first kappa shape index (κ1) is 12.8. The SMILES string of the molecule is C=C(OCC)c1cnc(Cl)cc1C(F)(F)F. The van der Waals surface area contributed by atoms with Gasteiger partial charge in [0.25, 0.3) is 0 Å². The summed E-state index contributed by atoms with van der Waals surface area (Å²) in [6.07, 6.45) is -3.51. The molecule has 0 spiro atoms. The first-order valence-electron chi connectivity index (χ1n) is 4.41. The number of ether oxygens (including phenoxy) is 1. The van der Waals surface area contributed by atoms with E-state index in [4.69, 9.17) is 16.3 Å². The fourth-order valence-corrected chi connectivity index (χ4v) is 1.30. The average Bonchev–Trinajstić information content (AvgIpc) is 2.16. The number of nitrogens with zero attached hydrogens (tertiary/aromatic N) is 1. The molecule has 0 radical (unpaired) electrons. The molecule has 0 saturated carbocycles. The van der Waals surface area contributed by atoms with Gasteiger partial charge >= 0.3 is 6.18 Å². The van der Waals surface area contributed by atoms with Gasteiger partial charge < -0.3 is 4.74 Å². The number of hydrogen-bond acceptors (Lipinski definition) is 2. The molecule has 0 fully saturated rings. The summed E-state index contributed by atoms with van der Waals surface area (Å²) in [7, 11) is 0. The van der Waals surface area contributed by atoms with Crippen molar-refractivity contribution in [1.29, 1.82) is 0 Å². The summed E-state index contributed by atoms with van der Waals surface area (Å²) in [4.78, 5) is 3.58. The van der Waals surface area contributed by atoms with Crippen LogP contribution in [0, 0.1) is 0 Å². The zero-order valence-electron chi connectivity index (χ0n) is 8.44. The fourth-order valence-electron chi connectivity index (χ4n) is 1.14. The molecular weight excluding hydrogens is 243 g/mol. The van der Waals surface area contributed by atoms with Crippen LogP contribution >= 0.6 is 11.6 Å². The Labute approximate surface area is 95.7 Å². The van der Waals surface area contributed by atoms with Crippen LogP contribution in [-0.2, 0) is 10.9 Å². The maximum atomic E-state index is 12.6. The normalized spacial score (nSPS) is 11.3.